The minimum atomic E-state index is 0.163. The predicted octanol–water partition coefficient (Wildman–Crippen LogP) is 6.61. The molecule has 2 nitrogen and oxygen atoms in total. The third-order valence-electron chi connectivity index (χ3n) is 5.88. The Morgan fingerprint density at radius 1 is 0.857 bits per heavy atom. The monoisotopic (exact) mass is 418 g/mol. The van der Waals surface area contributed by atoms with E-state index >= 15 is 0 Å². The summed E-state index contributed by atoms with van der Waals surface area (Å²) < 4.78 is 0. The summed E-state index contributed by atoms with van der Waals surface area (Å²) in [6.45, 7) is 4.14. The van der Waals surface area contributed by atoms with Crippen molar-refractivity contribution in [3.63, 3.8) is 0 Å². The van der Waals surface area contributed by atoms with Crippen molar-refractivity contribution in [3.8, 4) is 0 Å². The van der Waals surface area contributed by atoms with Crippen molar-refractivity contribution >= 4 is 45.5 Å². The molecule has 0 bridgehead atoms. The fourth-order valence-electron chi connectivity index (χ4n) is 4.01. The zero-order valence-corrected chi connectivity index (χ0v) is 18.2. The number of carbonyl (C=O) groups excluding carboxylic acids is 2. The van der Waals surface area contributed by atoms with E-state index in [-0.39, 0.29) is 11.6 Å². The molecule has 0 aliphatic heterocycles. The summed E-state index contributed by atoms with van der Waals surface area (Å²) >= 11 is 11.8. The number of hydrogen-bond acceptors (Lipinski definition) is 2. The molecule has 0 heterocycles. The number of carbonyl (C=O) groups is 2. The minimum absolute atomic E-state index is 0.163. The Bertz CT molecular complexity index is 888. The summed E-state index contributed by atoms with van der Waals surface area (Å²) in [4.78, 5) is 25.6. The molecule has 0 saturated carbocycles. The first kappa shape index (κ1) is 21.3. The molecule has 2 atom stereocenters. The van der Waals surface area contributed by atoms with Crippen LogP contribution in [0.25, 0.3) is 10.8 Å². The van der Waals surface area contributed by atoms with E-state index in [4.69, 9.17) is 23.2 Å². The van der Waals surface area contributed by atoms with Crippen molar-refractivity contribution in [1.29, 1.82) is 0 Å². The Morgan fingerprint density at radius 3 is 2.04 bits per heavy atom. The molecular formula is C24H28Cl2O2. The lowest BCUT2D eigenvalue weighted by molar-refractivity contribution is 0.0969. The van der Waals surface area contributed by atoms with Crippen molar-refractivity contribution in [2.75, 3.05) is 11.8 Å². The second kappa shape index (κ2) is 9.41. The van der Waals surface area contributed by atoms with Gasteiger partial charge in [0.15, 0.2) is 11.6 Å². The van der Waals surface area contributed by atoms with Gasteiger partial charge in [-0.25, -0.2) is 0 Å². The van der Waals surface area contributed by atoms with Crippen molar-refractivity contribution in [1.82, 2.24) is 0 Å². The first-order valence-electron chi connectivity index (χ1n) is 10.2. The van der Waals surface area contributed by atoms with Gasteiger partial charge in [0.05, 0.1) is 0 Å². The fourth-order valence-corrected chi connectivity index (χ4v) is 4.32. The molecular weight excluding hydrogens is 391 g/mol. The van der Waals surface area contributed by atoms with Crippen LogP contribution in [0.2, 0.25) is 0 Å². The summed E-state index contributed by atoms with van der Waals surface area (Å²) in [6.07, 6.45) is 4.45. The molecule has 28 heavy (non-hydrogen) atoms. The summed E-state index contributed by atoms with van der Waals surface area (Å²) in [7, 11) is 0. The molecule has 0 fully saturated rings. The Morgan fingerprint density at radius 2 is 1.43 bits per heavy atom. The van der Waals surface area contributed by atoms with E-state index in [1.807, 2.05) is 18.2 Å². The standard InChI is InChI=1S/C24H28Cl2O2/c1-15(13-25)3-11-22(27)18-7-5-17-6-8-20-19(9-10-21(18)24(17)20)23(28)12-4-16(2)14-26/h5,7,9-10,15-16H,3-4,6,8,11-14H2,1-2H3. The SMILES string of the molecule is CC(CCl)CCC(=O)c1ccc2c(C(=O)CCC(C)CCl)ccc3c2c1CC3. The number of benzene rings is 2. The van der Waals surface area contributed by atoms with Crippen LogP contribution in [-0.2, 0) is 12.8 Å². The molecule has 0 spiro atoms. The highest BCUT2D eigenvalue weighted by Crippen LogP contribution is 2.36. The summed E-state index contributed by atoms with van der Waals surface area (Å²) in [5.41, 5.74) is 3.98. The van der Waals surface area contributed by atoms with Gasteiger partial charge in [0.25, 0.3) is 0 Å². The van der Waals surface area contributed by atoms with Gasteiger partial charge in [-0.2, -0.15) is 0 Å². The largest absolute Gasteiger partial charge is 0.294 e. The molecule has 0 N–H and O–H groups in total. The molecule has 0 radical (unpaired) electrons. The lowest BCUT2D eigenvalue weighted by atomic mass is 9.90. The van der Waals surface area contributed by atoms with Crippen LogP contribution in [0.15, 0.2) is 24.3 Å². The van der Waals surface area contributed by atoms with Crippen LogP contribution >= 0.6 is 23.2 Å². The summed E-state index contributed by atoms with van der Waals surface area (Å²) in [6, 6.07) is 7.94. The first-order valence-corrected chi connectivity index (χ1v) is 11.3. The first-order chi connectivity index (χ1) is 13.5. The van der Waals surface area contributed by atoms with E-state index in [0.717, 1.165) is 53.1 Å². The van der Waals surface area contributed by atoms with Gasteiger partial charge < -0.3 is 0 Å². The molecule has 0 aromatic heterocycles. The van der Waals surface area contributed by atoms with Crippen molar-refractivity contribution in [2.24, 2.45) is 11.8 Å². The lowest BCUT2D eigenvalue weighted by Crippen LogP contribution is -2.08. The quantitative estimate of drug-likeness (QED) is 0.321. The van der Waals surface area contributed by atoms with Crippen molar-refractivity contribution < 1.29 is 9.59 Å². The molecule has 4 heteroatoms. The summed E-state index contributed by atoms with van der Waals surface area (Å²) in [5, 5.41) is 2.13. The molecule has 2 aromatic rings. The second-order valence-electron chi connectivity index (χ2n) is 8.23. The molecule has 0 saturated heterocycles. The van der Waals surface area contributed by atoms with Gasteiger partial charge in [-0.3, -0.25) is 9.59 Å². The van der Waals surface area contributed by atoms with Crippen LogP contribution in [0, 0.1) is 11.8 Å². The molecule has 1 aliphatic carbocycles. The highest BCUT2D eigenvalue weighted by atomic mass is 35.5. The Labute approximate surface area is 177 Å². The normalized spacial score (nSPS) is 15.0. The zero-order valence-electron chi connectivity index (χ0n) is 16.7. The molecule has 1 aliphatic rings. The molecule has 3 rings (SSSR count). The van der Waals surface area contributed by atoms with Crippen LogP contribution in [0.1, 0.15) is 71.4 Å². The maximum Gasteiger partial charge on any atom is 0.163 e. The van der Waals surface area contributed by atoms with Crippen LogP contribution in [-0.4, -0.2) is 23.3 Å². The van der Waals surface area contributed by atoms with E-state index < -0.39 is 0 Å². The molecule has 2 aromatic carbocycles. The van der Waals surface area contributed by atoms with E-state index in [1.54, 1.807) is 0 Å². The average molecular weight is 419 g/mol. The van der Waals surface area contributed by atoms with Gasteiger partial charge in [-0.05, 0) is 59.4 Å². The van der Waals surface area contributed by atoms with Gasteiger partial charge >= 0.3 is 0 Å². The highest BCUT2D eigenvalue weighted by Gasteiger charge is 2.24. The van der Waals surface area contributed by atoms with E-state index in [1.165, 1.54) is 5.56 Å². The van der Waals surface area contributed by atoms with Gasteiger partial charge in [-0.15, -0.1) is 23.2 Å². The molecule has 150 valence electrons. The predicted molar refractivity (Wildman–Crippen MR) is 118 cm³/mol. The number of hydrogen-bond donors (Lipinski definition) is 0. The van der Waals surface area contributed by atoms with E-state index in [2.05, 4.69) is 19.9 Å². The smallest absolute Gasteiger partial charge is 0.163 e. The number of alkyl halides is 2. The topological polar surface area (TPSA) is 34.1 Å². The van der Waals surface area contributed by atoms with Crippen molar-refractivity contribution in [3.05, 3.63) is 46.5 Å². The number of Topliss-reactive ketones (excluding diaryl/α,β-unsaturated/α-hetero) is 2. The molecule has 0 amide bonds. The van der Waals surface area contributed by atoms with Crippen LogP contribution in [0.3, 0.4) is 0 Å². The van der Waals surface area contributed by atoms with Crippen LogP contribution in [0.4, 0.5) is 0 Å². The minimum Gasteiger partial charge on any atom is -0.294 e. The zero-order chi connectivity index (χ0) is 20.3. The second-order valence-corrected chi connectivity index (χ2v) is 8.85. The van der Waals surface area contributed by atoms with E-state index in [0.29, 0.717) is 36.4 Å². The highest BCUT2D eigenvalue weighted by molar-refractivity contribution is 6.18. The molecule has 2 unspecified atom stereocenters. The van der Waals surface area contributed by atoms with Gasteiger partial charge in [0, 0.05) is 35.7 Å². The Balaban J connectivity index is 1.91. The fraction of sp³-hybridized carbons (Fsp3) is 0.500. The third kappa shape index (κ3) is 4.44. The maximum atomic E-state index is 12.8. The number of aryl methyl sites for hydroxylation is 2. The maximum absolute atomic E-state index is 12.8. The van der Waals surface area contributed by atoms with Crippen LogP contribution in [0.5, 0.6) is 0 Å². The van der Waals surface area contributed by atoms with Gasteiger partial charge in [-0.1, -0.05) is 38.1 Å². The van der Waals surface area contributed by atoms with Crippen LogP contribution < -0.4 is 0 Å². The van der Waals surface area contributed by atoms with E-state index in [9.17, 15) is 9.59 Å². The summed E-state index contributed by atoms with van der Waals surface area (Å²) in [5.74, 6) is 2.18. The number of rotatable bonds is 10. The lowest BCUT2D eigenvalue weighted by Gasteiger charge is -2.13. The number of halogens is 2. The third-order valence-corrected chi connectivity index (χ3v) is 6.93. The Kier molecular flexibility index (Phi) is 7.17. The van der Waals surface area contributed by atoms with Gasteiger partial charge in [0.2, 0.25) is 0 Å². The average Bonchev–Trinajstić information content (AvgIpc) is 3.15. The Hall–Kier alpha value is -1.38. The number of ketones is 2. The van der Waals surface area contributed by atoms with Gasteiger partial charge in [0.1, 0.15) is 0 Å². The van der Waals surface area contributed by atoms with Crippen molar-refractivity contribution in [2.45, 2.75) is 52.4 Å².